The van der Waals surface area contributed by atoms with Gasteiger partial charge < -0.3 is 14.6 Å². The summed E-state index contributed by atoms with van der Waals surface area (Å²) in [5.74, 6) is 1.41. The van der Waals surface area contributed by atoms with Crippen molar-refractivity contribution in [3.8, 4) is 28.8 Å². The van der Waals surface area contributed by atoms with Crippen LogP contribution >= 0.6 is 0 Å². The van der Waals surface area contributed by atoms with Gasteiger partial charge in [-0.15, -0.1) is 10.2 Å². The molecule has 2 heterocycles. The predicted molar refractivity (Wildman–Crippen MR) is 114 cm³/mol. The van der Waals surface area contributed by atoms with Crippen molar-refractivity contribution in [3.05, 3.63) is 83.9 Å². The summed E-state index contributed by atoms with van der Waals surface area (Å²) in [7, 11) is 1.65. The van der Waals surface area contributed by atoms with Crippen LogP contribution in [0.3, 0.4) is 0 Å². The second kappa shape index (κ2) is 8.45. The van der Waals surface area contributed by atoms with Crippen LogP contribution in [0, 0.1) is 18.3 Å². The van der Waals surface area contributed by atoms with Gasteiger partial charge in [-0.25, -0.2) is 4.98 Å². The van der Waals surface area contributed by atoms with Gasteiger partial charge in [0.1, 0.15) is 11.6 Å². The van der Waals surface area contributed by atoms with E-state index in [4.69, 9.17) is 10.00 Å². The number of ether oxygens (including phenoxy) is 1. The van der Waals surface area contributed by atoms with Gasteiger partial charge in [0.15, 0.2) is 0 Å². The molecule has 7 nitrogen and oxygen atoms in total. The first kappa shape index (κ1) is 19.2. The minimum atomic E-state index is 0.604. The first-order valence-corrected chi connectivity index (χ1v) is 9.42. The third kappa shape index (κ3) is 4.13. The molecule has 4 rings (SSSR count). The number of rotatable bonds is 6. The van der Waals surface area contributed by atoms with E-state index in [1.165, 1.54) is 0 Å². The zero-order chi connectivity index (χ0) is 20.9. The van der Waals surface area contributed by atoms with Crippen LogP contribution < -0.4 is 10.1 Å². The van der Waals surface area contributed by atoms with Gasteiger partial charge in [0, 0.05) is 18.3 Å². The quantitative estimate of drug-likeness (QED) is 0.527. The van der Waals surface area contributed by atoms with E-state index in [1.807, 2.05) is 60.2 Å². The van der Waals surface area contributed by atoms with Gasteiger partial charge in [-0.1, -0.05) is 18.2 Å². The Morgan fingerprint density at radius 2 is 1.90 bits per heavy atom. The molecule has 0 saturated heterocycles. The van der Waals surface area contributed by atoms with Crippen molar-refractivity contribution in [3.63, 3.8) is 0 Å². The van der Waals surface area contributed by atoms with E-state index in [0.717, 1.165) is 34.0 Å². The number of benzene rings is 2. The predicted octanol–water partition coefficient (Wildman–Crippen LogP) is 4.13. The van der Waals surface area contributed by atoms with Gasteiger partial charge in [0.25, 0.3) is 0 Å². The van der Waals surface area contributed by atoms with Gasteiger partial charge in [0.2, 0.25) is 0 Å². The molecule has 0 aliphatic heterocycles. The van der Waals surface area contributed by atoms with Crippen molar-refractivity contribution in [2.45, 2.75) is 13.5 Å². The molecule has 0 unspecified atom stereocenters. The normalized spacial score (nSPS) is 10.4. The van der Waals surface area contributed by atoms with Crippen LogP contribution in [-0.2, 0) is 6.54 Å². The molecule has 0 fully saturated rings. The van der Waals surface area contributed by atoms with E-state index in [0.29, 0.717) is 17.9 Å². The second-order valence-corrected chi connectivity index (χ2v) is 6.78. The molecular formula is C23H20N6O. The lowest BCUT2D eigenvalue weighted by Gasteiger charge is -2.11. The maximum atomic E-state index is 8.87. The molecule has 0 aliphatic rings. The number of nitrogens with one attached hydrogen (secondary N) is 1. The van der Waals surface area contributed by atoms with Crippen molar-refractivity contribution in [2.75, 3.05) is 12.4 Å². The largest absolute Gasteiger partial charge is 0.495 e. The molecule has 0 saturated carbocycles. The molecule has 7 heteroatoms. The van der Waals surface area contributed by atoms with Crippen LogP contribution in [0.1, 0.15) is 16.8 Å². The van der Waals surface area contributed by atoms with Crippen LogP contribution in [0.15, 0.2) is 67.1 Å². The molecule has 0 spiro atoms. The van der Waals surface area contributed by atoms with Gasteiger partial charge in [-0.3, -0.25) is 0 Å². The highest BCUT2D eigenvalue weighted by Gasteiger charge is 2.10. The summed E-state index contributed by atoms with van der Waals surface area (Å²) in [6, 6.07) is 19.3. The van der Waals surface area contributed by atoms with E-state index in [9.17, 15) is 0 Å². The Labute approximate surface area is 174 Å². The Kier molecular flexibility index (Phi) is 5.39. The highest BCUT2D eigenvalue weighted by atomic mass is 16.5. The number of anilines is 1. The zero-order valence-electron chi connectivity index (χ0n) is 16.7. The Morgan fingerprint density at radius 1 is 1.07 bits per heavy atom. The Bertz CT molecular complexity index is 1190. The maximum absolute atomic E-state index is 8.87. The number of hydrogen-bond acceptors (Lipinski definition) is 6. The molecule has 0 radical (unpaired) electrons. The van der Waals surface area contributed by atoms with E-state index < -0.39 is 0 Å². The Balaban J connectivity index is 1.48. The minimum Gasteiger partial charge on any atom is -0.495 e. The van der Waals surface area contributed by atoms with Gasteiger partial charge in [0.05, 0.1) is 42.1 Å². The van der Waals surface area contributed by atoms with Crippen molar-refractivity contribution >= 4 is 5.82 Å². The Morgan fingerprint density at radius 3 is 2.53 bits per heavy atom. The SMILES string of the molecule is COc1cc(-c2ccc(NCc3ccc(C#N)cc3)nn2)ccc1-n1cnc(C)c1. The third-order valence-electron chi connectivity index (χ3n) is 4.69. The van der Waals surface area contributed by atoms with Crippen LogP contribution in [0.5, 0.6) is 5.75 Å². The van der Waals surface area contributed by atoms with Crippen molar-refractivity contribution < 1.29 is 4.74 Å². The molecule has 0 amide bonds. The second-order valence-electron chi connectivity index (χ2n) is 6.78. The lowest BCUT2D eigenvalue weighted by Crippen LogP contribution is -2.02. The first-order valence-electron chi connectivity index (χ1n) is 9.42. The van der Waals surface area contributed by atoms with E-state index in [1.54, 1.807) is 25.6 Å². The molecule has 4 aromatic rings. The summed E-state index contributed by atoms with van der Waals surface area (Å²) in [4.78, 5) is 4.27. The topological polar surface area (TPSA) is 88.6 Å². The molecular weight excluding hydrogens is 376 g/mol. The van der Waals surface area contributed by atoms with Crippen LogP contribution in [0.25, 0.3) is 16.9 Å². The lowest BCUT2D eigenvalue weighted by molar-refractivity contribution is 0.413. The molecule has 0 atom stereocenters. The number of nitriles is 1. The first-order chi connectivity index (χ1) is 14.7. The lowest BCUT2D eigenvalue weighted by atomic mass is 10.1. The van der Waals surface area contributed by atoms with Crippen LogP contribution in [0.4, 0.5) is 5.82 Å². The fourth-order valence-corrected chi connectivity index (χ4v) is 3.07. The molecule has 0 bridgehead atoms. The zero-order valence-corrected chi connectivity index (χ0v) is 16.7. The molecule has 0 aliphatic carbocycles. The Hall–Kier alpha value is -4.18. The van der Waals surface area contributed by atoms with Crippen molar-refractivity contribution in [1.29, 1.82) is 5.26 Å². The summed E-state index contributed by atoms with van der Waals surface area (Å²) >= 11 is 0. The number of methoxy groups -OCH3 is 1. The number of hydrogen-bond donors (Lipinski definition) is 1. The summed E-state index contributed by atoms with van der Waals surface area (Å²) in [5, 5.41) is 20.7. The van der Waals surface area contributed by atoms with E-state index in [-0.39, 0.29) is 0 Å². The minimum absolute atomic E-state index is 0.604. The van der Waals surface area contributed by atoms with Gasteiger partial charge in [-0.05, 0) is 48.9 Å². The fraction of sp³-hybridized carbons (Fsp3) is 0.130. The highest BCUT2D eigenvalue weighted by Crippen LogP contribution is 2.29. The van der Waals surface area contributed by atoms with E-state index >= 15 is 0 Å². The van der Waals surface area contributed by atoms with Gasteiger partial charge in [-0.2, -0.15) is 5.26 Å². The van der Waals surface area contributed by atoms with Crippen molar-refractivity contribution in [2.24, 2.45) is 0 Å². The molecule has 148 valence electrons. The molecule has 1 N–H and O–H groups in total. The van der Waals surface area contributed by atoms with Crippen LogP contribution in [-0.4, -0.2) is 26.9 Å². The average Bonchev–Trinajstić information content (AvgIpc) is 3.24. The smallest absolute Gasteiger partial charge is 0.148 e. The highest BCUT2D eigenvalue weighted by molar-refractivity contribution is 5.65. The molecule has 2 aromatic heterocycles. The monoisotopic (exact) mass is 396 g/mol. The number of aryl methyl sites for hydroxylation is 1. The summed E-state index contributed by atoms with van der Waals surface area (Å²) < 4.78 is 7.50. The molecule has 30 heavy (non-hydrogen) atoms. The summed E-state index contributed by atoms with van der Waals surface area (Å²) in [6.07, 6.45) is 3.71. The molecule has 2 aromatic carbocycles. The standard InChI is InChI=1S/C23H20N6O/c1-16-14-29(15-26-16)21-9-7-19(11-22(21)30-2)20-8-10-23(28-27-20)25-13-18-5-3-17(12-24)4-6-18/h3-11,14-15H,13H2,1-2H3,(H,25,28). The summed E-state index contributed by atoms with van der Waals surface area (Å²) in [6.45, 7) is 2.55. The maximum Gasteiger partial charge on any atom is 0.148 e. The number of aromatic nitrogens is 4. The third-order valence-corrected chi connectivity index (χ3v) is 4.69. The van der Waals surface area contributed by atoms with E-state index in [2.05, 4.69) is 26.6 Å². The van der Waals surface area contributed by atoms with Crippen LogP contribution in [0.2, 0.25) is 0 Å². The van der Waals surface area contributed by atoms with Crippen molar-refractivity contribution in [1.82, 2.24) is 19.7 Å². The average molecular weight is 396 g/mol. The number of imidazole rings is 1. The summed E-state index contributed by atoms with van der Waals surface area (Å²) in [5.41, 5.74) is 5.23. The number of nitrogens with zero attached hydrogens (tertiary/aromatic N) is 5. The fourth-order valence-electron chi connectivity index (χ4n) is 3.07. The van der Waals surface area contributed by atoms with Gasteiger partial charge >= 0.3 is 0 Å².